The summed E-state index contributed by atoms with van der Waals surface area (Å²) in [5.74, 6) is 0.310. The van der Waals surface area contributed by atoms with E-state index in [0.717, 1.165) is 19.5 Å². The van der Waals surface area contributed by atoms with Crippen LogP contribution in [0.25, 0.3) is 0 Å². The molecule has 0 saturated heterocycles. The summed E-state index contributed by atoms with van der Waals surface area (Å²) in [5.41, 5.74) is 5.45. The molecule has 0 saturated carbocycles. The molecule has 96 valence electrons. The normalized spacial score (nSPS) is 12.6. The lowest BCUT2D eigenvalue weighted by molar-refractivity contribution is 0.213. The Morgan fingerprint density at radius 3 is 2.88 bits per heavy atom. The van der Waals surface area contributed by atoms with Crippen LogP contribution in [0.3, 0.4) is 0 Å². The number of rotatable bonds is 7. The highest BCUT2D eigenvalue weighted by Gasteiger charge is 2.10. The maximum absolute atomic E-state index is 8.47. The van der Waals surface area contributed by atoms with Gasteiger partial charge in [0.2, 0.25) is 0 Å². The Balaban J connectivity index is 2.39. The zero-order valence-corrected chi connectivity index (χ0v) is 11.3. The monoisotopic (exact) mass is 255 g/mol. The van der Waals surface area contributed by atoms with E-state index in [0.29, 0.717) is 18.3 Å². The third-order valence-electron chi connectivity index (χ3n) is 2.68. The van der Waals surface area contributed by atoms with E-state index in [9.17, 15) is 0 Å². The highest BCUT2D eigenvalue weighted by atomic mass is 32.1. The lowest BCUT2D eigenvalue weighted by Gasteiger charge is -2.25. The van der Waals surface area contributed by atoms with E-state index in [2.05, 4.69) is 41.4 Å². The highest BCUT2D eigenvalue weighted by molar-refractivity contribution is 7.09. The van der Waals surface area contributed by atoms with Crippen molar-refractivity contribution in [3.63, 3.8) is 0 Å². The van der Waals surface area contributed by atoms with E-state index in [1.165, 1.54) is 4.88 Å². The van der Waals surface area contributed by atoms with E-state index in [4.69, 9.17) is 10.9 Å². The third kappa shape index (κ3) is 5.19. The van der Waals surface area contributed by atoms with Gasteiger partial charge in [0.15, 0.2) is 0 Å². The number of amidine groups is 1. The minimum Gasteiger partial charge on any atom is -0.409 e. The molecular weight excluding hydrogens is 234 g/mol. The number of thiophene rings is 1. The van der Waals surface area contributed by atoms with Crippen LogP contribution in [0.1, 0.15) is 31.6 Å². The van der Waals surface area contributed by atoms with Crippen LogP contribution >= 0.6 is 11.3 Å². The second-order valence-electron chi connectivity index (χ2n) is 4.34. The lowest BCUT2D eigenvalue weighted by atomic mass is 10.2. The molecule has 17 heavy (non-hydrogen) atoms. The van der Waals surface area contributed by atoms with Crippen molar-refractivity contribution in [3.05, 3.63) is 22.4 Å². The molecule has 0 aliphatic heterocycles. The lowest BCUT2D eigenvalue weighted by Crippen LogP contribution is -2.31. The molecule has 0 atom stereocenters. The van der Waals surface area contributed by atoms with Gasteiger partial charge in [0.05, 0.1) is 0 Å². The predicted octanol–water partition coefficient (Wildman–Crippen LogP) is 2.49. The van der Waals surface area contributed by atoms with Crippen molar-refractivity contribution in [2.45, 2.75) is 39.3 Å². The molecule has 0 radical (unpaired) electrons. The molecule has 3 N–H and O–H groups in total. The first-order chi connectivity index (χ1) is 8.13. The molecule has 0 aliphatic carbocycles. The van der Waals surface area contributed by atoms with Crippen molar-refractivity contribution in [2.75, 3.05) is 6.54 Å². The summed E-state index contributed by atoms with van der Waals surface area (Å²) >= 11 is 1.78. The molecule has 1 aromatic rings. The van der Waals surface area contributed by atoms with Crippen molar-refractivity contribution < 1.29 is 5.21 Å². The van der Waals surface area contributed by atoms with E-state index < -0.39 is 0 Å². The molecule has 0 amide bonds. The first kappa shape index (κ1) is 14.0. The van der Waals surface area contributed by atoms with Crippen LogP contribution in [0.4, 0.5) is 0 Å². The number of nitrogens with zero attached hydrogens (tertiary/aromatic N) is 2. The van der Waals surface area contributed by atoms with Crippen LogP contribution in [0.15, 0.2) is 22.7 Å². The molecule has 0 bridgehead atoms. The van der Waals surface area contributed by atoms with Gasteiger partial charge in [-0.05, 0) is 38.3 Å². The van der Waals surface area contributed by atoms with Gasteiger partial charge in [-0.25, -0.2) is 0 Å². The van der Waals surface area contributed by atoms with Crippen LogP contribution in [-0.4, -0.2) is 28.5 Å². The molecule has 1 aromatic heterocycles. The smallest absolute Gasteiger partial charge is 0.139 e. The molecule has 1 rings (SSSR count). The molecule has 4 nitrogen and oxygen atoms in total. The first-order valence-corrected chi connectivity index (χ1v) is 6.74. The molecule has 1 heterocycles. The third-order valence-corrected chi connectivity index (χ3v) is 3.54. The zero-order chi connectivity index (χ0) is 12.7. The Morgan fingerprint density at radius 1 is 1.59 bits per heavy atom. The van der Waals surface area contributed by atoms with Gasteiger partial charge in [-0.15, -0.1) is 11.3 Å². The van der Waals surface area contributed by atoms with Gasteiger partial charge in [-0.3, -0.25) is 4.90 Å². The van der Waals surface area contributed by atoms with E-state index >= 15 is 0 Å². The Hall–Kier alpha value is -1.07. The highest BCUT2D eigenvalue weighted by Crippen LogP contribution is 2.14. The maximum atomic E-state index is 8.47. The second-order valence-corrected chi connectivity index (χ2v) is 5.37. The van der Waals surface area contributed by atoms with Crippen molar-refractivity contribution in [2.24, 2.45) is 10.9 Å². The second kappa shape index (κ2) is 7.29. The summed E-state index contributed by atoms with van der Waals surface area (Å²) in [5, 5.41) is 13.6. The number of hydrogen-bond acceptors (Lipinski definition) is 4. The molecule has 0 spiro atoms. The van der Waals surface area contributed by atoms with E-state index in [1.54, 1.807) is 11.3 Å². The van der Waals surface area contributed by atoms with Crippen molar-refractivity contribution in [1.29, 1.82) is 0 Å². The van der Waals surface area contributed by atoms with Gasteiger partial charge >= 0.3 is 0 Å². The average molecular weight is 255 g/mol. The average Bonchev–Trinajstić information content (AvgIpc) is 2.80. The summed E-state index contributed by atoms with van der Waals surface area (Å²) in [6.07, 6.45) is 1.56. The van der Waals surface area contributed by atoms with Crippen molar-refractivity contribution in [3.8, 4) is 0 Å². The van der Waals surface area contributed by atoms with Crippen molar-refractivity contribution >= 4 is 17.2 Å². The maximum Gasteiger partial charge on any atom is 0.139 e. The molecule has 5 heteroatoms. The Kier molecular flexibility index (Phi) is 6.00. The molecule has 0 aromatic carbocycles. The van der Waals surface area contributed by atoms with Crippen LogP contribution in [0.2, 0.25) is 0 Å². The fourth-order valence-corrected chi connectivity index (χ4v) is 2.37. The summed E-state index contributed by atoms with van der Waals surface area (Å²) in [4.78, 5) is 3.78. The Labute approximate surface area is 107 Å². The van der Waals surface area contributed by atoms with Crippen molar-refractivity contribution in [1.82, 2.24) is 4.90 Å². The van der Waals surface area contributed by atoms with Crippen LogP contribution in [-0.2, 0) is 6.54 Å². The van der Waals surface area contributed by atoms with E-state index in [1.807, 2.05) is 0 Å². The first-order valence-electron chi connectivity index (χ1n) is 5.86. The number of oxime groups is 1. The van der Waals surface area contributed by atoms with Gasteiger partial charge in [-0.1, -0.05) is 11.2 Å². The molecular formula is C12H21N3OS. The van der Waals surface area contributed by atoms with Gasteiger partial charge in [0, 0.05) is 23.9 Å². The summed E-state index contributed by atoms with van der Waals surface area (Å²) in [6.45, 7) is 6.32. The topological polar surface area (TPSA) is 61.8 Å². The molecule has 0 unspecified atom stereocenters. The quantitative estimate of drug-likeness (QED) is 0.340. The van der Waals surface area contributed by atoms with Gasteiger partial charge in [0.25, 0.3) is 0 Å². The largest absolute Gasteiger partial charge is 0.409 e. The number of nitrogens with two attached hydrogens (primary N) is 1. The Bertz CT molecular complexity index is 336. The minimum atomic E-state index is 0.310. The minimum absolute atomic E-state index is 0.310. The predicted molar refractivity (Wildman–Crippen MR) is 72.5 cm³/mol. The Morgan fingerprint density at radius 2 is 2.35 bits per heavy atom. The molecule has 0 fully saturated rings. The SMILES string of the molecule is CC(C)N(CCCC(N)=NO)Cc1cccs1. The van der Waals surface area contributed by atoms with Crippen LogP contribution in [0.5, 0.6) is 0 Å². The van der Waals surface area contributed by atoms with E-state index in [-0.39, 0.29) is 0 Å². The van der Waals surface area contributed by atoms with Gasteiger partial charge in [0.1, 0.15) is 5.84 Å². The molecule has 0 aliphatic rings. The van der Waals surface area contributed by atoms with Crippen LogP contribution < -0.4 is 5.73 Å². The van der Waals surface area contributed by atoms with Crippen LogP contribution in [0, 0.1) is 0 Å². The standard InChI is InChI=1S/C12H21N3OS/c1-10(2)15(7-3-6-12(13)14-16)9-11-5-4-8-17-11/h4-5,8,10,16H,3,6-7,9H2,1-2H3,(H2,13,14). The summed E-state index contributed by atoms with van der Waals surface area (Å²) in [7, 11) is 0. The van der Waals surface area contributed by atoms with Gasteiger partial charge in [-0.2, -0.15) is 0 Å². The van der Waals surface area contributed by atoms with Gasteiger partial charge < -0.3 is 10.9 Å². The fraction of sp³-hybridized carbons (Fsp3) is 0.583. The summed E-state index contributed by atoms with van der Waals surface area (Å²) < 4.78 is 0. The fourth-order valence-electron chi connectivity index (χ4n) is 1.64. The zero-order valence-electron chi connectivity index (χ0n) is 10.5. The summed E-state index contributed by atoms with van der Waals surface area (Å²) in [6, 6.07) is 4.74. The number of hydrogen-bond donors (Lipinski definition) is 2.